The van der Waals surface area contributed by atoms with Crippen molar-refractivity contribution in [3.05, 3.63) is 35.9 Å². The Bertz CT molecular complexity index is 208. The van der Waals surface area contributed by atoms with E-state index in [-0.39, 0.29) is 6.10 Å². The Kier molecular flexibility index (Phi) is 3.77. The molecule has 0 aliphatic rings. The second-order valence-electron chi connectivity index (χ2n) is 2.97. The SMILES string of the molecule is C[C@@H](O)CNCc1ccccc1. The van der Waals surface area contributed by atoms with Crippen molar-refractivity contribution in [2.75, 3.05) is 6.54 Å². The highest BCUT2D eigenvalue weighted by Gasteiger charge is 1.94. The molecule has 0 aromatic heterocycles. The van der Waals surface area contributed by atoms with E-state index < -0.39 is 0 Å². The standard InChI is InChI=1S/C10H15NO/c1-9(12)7-11-8-10-5-3-2-4-6-10/h2-6,9,11-12H,7-8H2,1H3/t9-/m1/s1. The summed E-state index contributed by atoms with van der Waals surface area (Å²) in [4.78, 5) is 0. The van der Waals surface area contributed by atoms with Crippen LogP contribution in [0.1, 0.15) is 12.5 Å². The lowest BCUT2D eigenvalue weighted by Gasteiger charge is -2.06. The number of benzene rings is 1. The van der Waals surface area contributed by atoms with Crippen molar-refractivity contribution < 1.29 is 5.11 Å². The van der Waals surface area contributed by atoms with E-state index in [9.17, 15) is 0 Å². The van der Waals surface area contributed by atoms with Gasteiger partial charge in [-0.25, -0.2) is 0 Å². The van der Waals surface area contributed by atoms with Gasteiger partial charge in [-0.3, -0.25) is 0 Å². The fourth-order valence-electron chi connectivity index (χ4n) is 1.02. The van der Waals surface area contributed by atoms with Gasteiger partial charge in [0.25, 0.3) is 0 Å². The lowest BCUT2D eigenvalue weighted by atomic mass is 10.2. The van der Waals surface area contributed by atoms with Crippen molar-refractivity contribution in [3.8, 4) is 0 Å². The topological polar surface area (TPSA) is 32.3 Å². The second kappa shape index (κ2) is 4.91. The zero-order valence-corrected chi connectivity index (χ0v) is 7.33. The van der Waals surface area contributed by atoms with E-state index in [1.807, 2.05) is 18.2 Å². The maximum Gasteiger partial charge on any atom is 0.0636 e. The normalized spacial score (nSPS) is 12.8. The first-order valence-corrected chi connectivity index (χ1v) is 4.22. The van der Waals surface area contributed by atoms with Gasteiger partial charge in [0.15, 0.2) is 0 Å². The predicted octanol–water partition coefficient (Wildman–Crippen LogP) is 1.16. The van der Waals surface area contributed by atoms with E-state index in [0.29, 0.717) is 6.54 Å². The molecule has 0 amide bonds. The summed E-state index contributed by atoms with van der Waals surface area (Å²) in [5.74, 6) is 0. The fourth-order valence-corrected chi connectivity index (χ4v) is 1.02. The molecule has 0 saturated carbocycles. The van der Waals surface area contributed by atoms with E-state index in [0.717, 1.165) is 6.54 Å². The molecular formula is C10H15NO. The number of hydrogen-bond acceptors (Lipinski definition) is 2. The first-order valence-electron chi connectivity index (χ1n) is 4.22. The average Bonchev–Trinajstić information content (AvgIpc) is 2.05. The minimum Gasteiger partial charge on any atom is -0.392 e. The van der Waals surface area contributed by atoms with Gasteiger partial charge in [-0.1, -0.05) is 30.3 Å². The third kappa shape index (κ3) is 3.51. The fraction of sp³-hybridized carbons (Fsp3) is 0.400. The molecule has 1 atom stereocenters. The van der Waals surface area contributed by atoms with E-state index in [1.165, 1.54) is 5.56 Å². The summed E-state index contributed by atoms with van der Waals surface area (Å²) in [7, 11) is 0. The molecule has 0 unspecified atom stereocenters. The highest BCUT2D eigenvalue weighted by Crippen LogP contribution is 1.96. The van der Waals surface area contributed by atoms with Gasteiger partial charge in [0.1, 0.15) is 0 Å². The molecule has 0 heterocycles. The Morgan fingerprint density at radius 3 is 2.58 bits per heavy atom. The van der Waals surface area contributed by atoms with Gasteiger partial charge >= 0.3 is 0 Å². The molecule has 0 fully saturated rings. The minimum absolute atomic E-state index is 0.270. The highest BCUT2D eigenvalue weighted by atomic mass is 16.3. The van der Waals surface area contributed by atoms with Gasteiger partial charge < -0.3 is 10.4 Å². The first-order chi connectivity index (χ1) is 5.79. The van der Waals surface area contributed by atoms with Crippen LogP contribution in [0.15, 0.2) is 30.3 Å². The Labute approximate surface area is 73.2 Å². The van der Waals surface area contributed by atoms with Crippen LogP contribution in [0.3, 0.4) is 0 Å². The van der Waals surface area contributed by atoms with Crippen LogP contribution in [0, 0.1) is 0 Å². The van der Waals surface area contributed by atoms with Crippen molar-refractivity contribution in [2.45, 2.75) is 19.6 Å². The predicted molar refractivity (Wildman–Crippen MR) is 49.8 cm³/mol. The number of aliphatic hydroxyl groups is 1. The Hall–Kier alpha value is -0.860. The number of rotatable bonds is 4. The van der Waals surface area contributed by atoms with Crippen molar-refractivity contribution in [1.82, 2.24) is 5.32 Å². The molecule has 0 radical (unpaired) electrons. The van der Waals surface area contributed by atoms with Gasteiger partial charge in [0, 0.05) is 13.1 Å². The zero-order valence-electron chi connectivity index (χ0n) is 7.33. The maximum absolute atomic E-state index is 8.97. The Morgan fingerprint density at radius 2 is 2.00 bits per heavy atom. The van der Waals surface area contributed by atoms with E-state index in [4.69, 9.17) is 5.11 Å². The summed E-state index contributed by atoms with van der Waals surface area (Å²) in [6.07, 6.45) is -0.270. The highest BCUT2D eigenvalue weighted by molar-refractivity contribution is 5.14. The summed E-state index contributed by atoms with van der Waals surface area (Å²) in [6, 6.07) is 10.2. The Morgan fingerprint density at radius 1 is 1.33 bits per heavy atom. The Balaban J connectivity index is 2.25. The van der Waals surface area contributed by atoms with Gasteiger partial charge in [-0.2, -0.15) is 0 Å². The van der Waals surface area contributed by atoms with Crippen LogP contribution in [-0.2, 0) is 6.54 Å². The minimum atomic E-state index is -0.270. The van der Waals surface area contributed by atoms with E-state index in [2.05, 4.69) is 17.4 Å². The van der Waals surface area contributed by atoms with E-state index in [1.54, 1.807) is 6.92 Å². The third-order valence-electron chi connectivity index (χ3n) is 1.61. The van der Waals surface area contributed by atoms with Crippen molar-refractivity contribution in [3.63, 3.8) is 0 Å². The third-order valence-corrected chi connectivity index (χ3v) is 1.61. The summed E-state index contributed by atoms with van der Waals surface area (Å²) in [5, 5.41) is 12.1. The summed E-state index contributed by atoms with van der Waals surface area (Å²) < 4.78 is 0. The van der Waals surface area contributed by atoms with Gasteiger partial charge in [-0.15, -0.1) is 0 Å². The molecule has 0 spiro atoms. The van der Waals surface area contributed by atoms with Crippen LogP contribution in [0.4, 0.5) is 0 Å². The average molecular weight is 165 g/mol. The molecule has 2 nitrogen and oxygen atoms in total. The van der Waals surface area contributed by atoms with Crippen molar-refractivity contribution in [2.24, 2.45) is 0 Å². The van der Waals surface area contributed by atoms with Gasteiger partial charge in [0.2, 0.25) is 0 Å². The van der Waals surface area contributed by atoms with Crippen molar-refractivity contribution >= 4 is 0 Å². The van der Waals surface area contributed by atoms with Crippen molar-refractivity contribution in [1.29, 1.82) is 0 Å². The molecule has 0 aliphatic carbocycles. The van der Waals surface area contributed by atoms with Crippen LogP contribution < -0.4 is 5.32 Å². The summed E-state index contributed by atoms with van der Waals surface area (Å²) in [6.45, 7) is 3.25. The van der Waals surface area contributed by atoms with Gasteiger partial charge in [-0.05, 0) is 12.5 Å². The molecule has 1 rings (SSSR count). The largest absolute Gasteiger partial charge is 0.392 e. The van der Waals surface area contributed by atoms with Crippen LogP contribution in [0.5, 0.6) is 0 Å². The molecule has 1 aromatic carbocycles. The molecule has 0 aliphatic heterocycles. The van der Waals surface area contributed by atoms with Crippen LogP contribution >= 0.6 is 0 Å². The first kappa shape index (κ1) is 9.23. The molecule has 0 saturated heterocycles. The molecule has 0 bridgehead atoms. The molecule has 2 N–H and O–H groups in total. The van der Waals surface area contributed by atoms with Crippen LogP contribution in [0.25, 0.3) is 0 Å². The van der Waals surface area contributed by atoms with E-state index >= 15 is 0 Å². The molecule has 12 heavy (non-hydrogen) atoms. The number of aliphatic hydroxyl groups excluding tert-OH is 1. The lowest BCUT2D eigenvalue weighted by molar-refractivity contribution is 0.191. The zero-order chi connectivity index (χ0) is 8.81. The van der Waals surface area contributed by atoms with Crippen LogP contribution in [0.2, 0.25) is 0 Å². The maximum atomic E-state index is 8.97. The quantitative estimate of drug-likeness (QED) is 0.701. The second-order valence-corrected chi connectivity index (χ2v) is 2.97. The molecule has 1 aromatic rings. The summed E-state index contributed by atoms with van der Waals surface area (Å²) in [5.41, 5.74) is 1.25. The van der Waals surface area contributed by atoms with Gasteiger partial charge in [0.05, 0.1) is 6.10 Å². The molecule has 66 valence electrons. The van der Waals surface area contributed by atoms with Crippen LogP contribution in [-0.4, -0.2) is 17.8 Å². The molecule has 2 heteroatoms. The lowest BCUT2D eigenvalue weighted by Crippen LogP contribution is -2.23. The number of nitrogens with one attached hydrogen (secondary N) is 1. The molecular weight excluding hydrogens is 150 g/mol. The summed E-state index contributed by atoms with van der Waals surface area (Å²) >= 11 is 0. The number of hydrogen-bond donors (Lipinski definition) is 2. The monoisotopic (exact) mass is 165 g/mol. The smallest absolute Gasteiger partial charge is 0.0636 e.